The lowest BCUT2D eigenvalue weighted by molar-refractivity contribution is -0.141. The third kappa shape index (κ3) is 4.08. The second-order valence-electron chi connectivity index (χ2n) is 6.00. The molecule has 27 heavy (non-hydrogen) atoms. The number of benzene rings is 2. The third-order valence-corrected chi connectivity index (χ3v) is 5.69. The van der Waals surface area contributed by atoms with Crippen LogP contribution in [0.15, 0.2) is 35.3 Å². The zero-order chi connectivity index (χ0) is 19.7. The molecule has 3 rings (SSSR count). The second kappa shape index (κ2) is 7.84. The summed E-state index contributed by atoms with van der Waals surface area (Å²) < 4.78 is 7.06. The number of thiazole rings is 1. The van der Waals surface area contributed by atoms with Crippen LogP contribution in [0.2, 0.25) is 10.0 Å². The maximum Gasteiger partial charge on any atom is 0.325 e. The van der Waals surface area contributed by atoms with E-state index in [2.05, 4.69) is 4.99 Å². The van der Waals surface area contributed by atoms with Crippen molar-refractivity contribution < 1.29 is 14.3 Å². The number of esters is 1. The minimum Gasteiger partial charge on any atom is -0.468 e. The predicted molar refractivity (Wildman–Crippen MR) is 108 cm³/mol. The Labute approximate surface area is 169 Å². The molecule has 0 bridgehead atoms. The van der Waals surface area contributed by atoms with E-state index >= 15 is 0 Å². The molecule has 0 aliphatic rings. The number of nitrogens with zero attached hydrogens (tertiary/aromatic N) is 2. The second-order valence-corrected chi connectivity index (χ2v) is 7.85. The van der Waals surface area contributed by atoms with Crippen molar-refractivity contribution in [2.45, 2.75) is 20.4 Å². The van der Waals surface area contributed by atoms with Crippen molar-refractivity contribution in [3.8, 4) is 0 Å². The van der Waals surface area contributed by atoms with Gasteiger partial charge in [-0.05, 0) is 49.2 Å². The highest BCUT2D eigenvalue weighted by Crippen LogP contribution is 2.29. The van der Waals surface area contributed by atoms with Gasteiger partial charge in [-0.15, -0.1) is 0 Å². The average Bonchev–Trinajstić information content (AvgIpc) is 2.94. The van der Waals surface area contributed by atoms with Crippen molar-refractivity contribution in [2.75, 3.05) is 7.11 Å². The number of amides is 1. The van der Waals surface area contributed by atoms with Gasteiger partial charge in [0.05, 0.1) is 22.3 Å². The summed E-state index contributed by atoms with van der Waals surface area (Å²) in [5.74, 6) is -0.869. The van der Waals surface area contributed by atoms with Crippen molar-refractivity contribution >= 4 is 56.6 Å². The van der Waals surface area contributed by atoms with Crippen LogP contribution in [0.25, 0.3) is 10.2 Å². The molecule has 1 amide bonds. The van der Waals surface area contributed by atoms with Crippen molar-refractivity contribution in [3.63, 3.8) is 0 Å². The van der Waals surface area contributed by atoms with E-state index in [1.165, 1.54) is 18.4 Å². The molecule has 1 aromatic heterocycles. The van der Waals surface area contributed by atoms with Crippen molar-refractivity contribution in [3.05, 3.63) is 61.9 Å². The van der Waals surface area contributed by atoms with Gasteiger partial charge in [-0.2, -0.15) is 4.99 Å². The van der Waals surface area contributed by atoms with E-state index in [9.17, 15) is 9.59 Å². The Kier molecular flexibility index (Phi) is 5.69. The maximum absolute atomic E-state index is 12.7. The topological polar surface area (TPSA) is 60.7 Å². The molecule has 2 aromatic carbocycles. The van der Waals surface area contributed by atoms with E-state index in [-0.39, 0.29) is 6.54 Å². The number of methoxy groups -OCH3 is 1. The fourth-order valence-corrected chi connectivity index (χ4v) is 4.39. The summed E-state index contributed by atoms with van der Waals surface area (Å²) in [6.07, 6.45) is 0. The quantitative estimate of drug-likeness (QED) is 0.581. The first-order valence-electron chi connectivity index (χ1n) is 8.01. The number of rotatable bonds is 3. The molecule has 0 atom stereocenters. The molecule has 0 unspecified atom stereocenters. The van der Waals surface area contributed by atoms with Gasteiger partial charge in [-0.25, -0.2) is 0 Å². The summed E-state index contributed by atoms with van der Waals surface area (Å²) in [4.78, 5) is 29.1. The fourth-order valence-electron chi connectivity index (χ4n) is 2.58. The molecule has 0 fully saturated rings. The van der Waals surface area contributed by atoms with Gasteiger partial charge in [-0.1, -0.05) is 40.6 Å². The first-order chi connectivity index (χ1) is 12.8. The lowest BCUT2D eigenvalue weighted by Crippen LogP contribution is -2.22. The highest BCUT2D eigenvalue weighted by molar-refractivity contribution is 7.16. The molecule has 0 radical (unpaired) electrons. The molecular weight excluding hydrogens is 407 g/mol. The van der Waals surface area contributed by atoms with E-state index in [0.717, 1.165) is 15.8 Å². The lowest BCUT2D eigenvalue weighted by Gasteiger charge is -2.05. The molecule has 8 heteroatoms. The van der Waals surface area contributed by atoms with Gasteiger partial charge < -0.3 is 9.30 Å². The number of hydrogen-bond donors (Lipinski definition) is 0. The number of carbonyl (C=O) groups is 2. The summed E-state index contributed by atoms with van der Waals surface area (Å²) in [5, 5.41) is 0.837. The van der Waals surface area contributed by atoms with Gasteiger partial charge in [0, 0.05) is 10.6 Å². The van der Waals surface area contributed by atoms with Gasteiger partial charge in [-0.3, -0.25) is 9.59 Å². The van der Waals surface area contributed by atoms with Gasteiger partial charge in [0.25, 0.3) is 5.91 Å². The molecule has 0 aliphatic heterocycles. The molecule has 0 saturated carbocycles. The Balaban J connectivity index is 2.19. The van der Waals surface area contributed by atoms with Crippen LogP contribution in [-0.4, -0.2) is 23.6 Å². The maximum atomic E-state index is 12.7. The number of aryl methyl sites for hydroxylation is 2. The summed E-state index contributed by atoms with van der Waals surface area (Å²) in [5.41, 5.74) is 3.16. The smallest absolute Gasteiger partial charge is 0.325 e. The molecule has 0 N–H and O–H groups in total. The van der Waals surface area contributed by atoms with Crippen LogP contribution >= 0.6 is 34.5 Å². The van der Waals surface area contributed by atoms with Crippen LogP contribution in [0.1, 0.15) is 21.5 Å². The SMILES string of the molecule is COC(=O)Cn1c(=NC(=O)c2ccc(C)c(C)c2)sc2cc(Cl)cc(Cl)c21. The largest absolute Gasteiger partial charge is 0.468 e. The Morgan fingerprint density at radius 3 is 2.56 bits per heavy atom. The third-order valence-electron chi connectivity index (χ3n) is 4.16. The zero-order valence-electron chi connectivity index (χ0n) is 14.9. The molecule has 3 aromatic rings. The van der Waals surface area contributed by atoms with Crippen LogP contribution in [-0.2, 0) is 16.1 Å². The van der Waals surface area contributed by atoms with Crippen molar-refractivity contribution in [1.82, 2.24) is 4.57 Å². The minimum absolute atomic E-state index is 0.114. The van der Waals surface area contributed by atoms with Crippen molar-refractivity contribution in [1.29, 1.82) is 0 Å². The average molecular weight is 423 g/mol. The van der Waals surface area contributed by atoms with E-state index in [4.69, 9.17) is 27.9 Å². The zero-order valence-corrected chi connectivity index (χ0v) is 17.2. The van der Waals surface area contributed by atoms with Crippen LogP contribution in [0.5, 0.6) is 0 Å². The molecule has 0 aliphatic carbocycles. The van der Waals surface area contributed by atoms with Gasteiger partial charge >= 0.3 is 5.97 Å². The normalized spacial score (nSPS) is 11.8. The summed E-state index contributed by atoms with van der Waals surface area (Å²) >= 11 is 13.6. The van der Waals surface area contributed by atoms with Gasteiger partial charge in [0.2, 0.25) is 0 Å². The molecule has 0 spiro atoms. The van der Waals surface area contributed by atoms with Crippen LogP contribution in [0.4, 0.5) is 0 Å². The van der Waals surface area contributed by atoms with E-state index in [0.29, 0.717) is 25.9 Å². The monoisotopic (exact) mass is 422 g/mol. The van der Waals surface area contributed by atoms with E-state index in [1.54, 1.807) is 28.8 Å². The molecule has 0 saturated heterocycles. The molecule has 1 heterocycles. The number of aromatic nitrogens is 1. The Bertz CT molecular complexity index is 1130. The molecule has 5 nitrogen and oxygen atoms in total. The number of ether oxygens (including phenoxy) is 1. The van der Waals surface area contributed by atoms with Crippen LogP contribution < -0.4 is 4.80 Å². The Hall–Kier alpha value is -2.15. The fraction of sp³-hybridized carbons (Fsp3) is 0.211. The van der Waals surface area contributed by atoms with E-state index < -0.39 is 11.9 Å². The Morgan fingerprint density at radius 1 is 1.15 bits per heavy atom. The predicted octanol–water partition coefficient (Wildman–Crippen LogP) is 4.54. The van der Waals surface area contributed by atoms with E-state index in [1.807, 2.05) is 19.9 Å². The lowest BCUT2D eigenvalue weighted by atomic mass is 10.1. The van der Waals surface area contributed by atoms with Crippen LogP contribution in [0, 0.1) is 13.8 Å². The highest BCUT2D eigenvalue weighted by Gasteiger charge is 2.16. The number of fused-ring (bicyclic) bond motifs is 1. The highest BCUT2D eigenvalue weighted by atomic mass is 35.5. The number of halogens is 2. The minimum atomic E-state index is -0.471. The standard InChI is InChI=1S/C19H16Cl2N2O3S/c1-10-4-5-12(6-11(10)2)18(25)22-19-23(9-16(24)26-3)17-14(21)7-13(20)8-15(17)27-19/h4-8H,9H2,1-3H3. The van der Waals surface area contributed by atoms with Crippen LogP contribution in [0.3, 0.4) is 0 Å². The first-order valence-corrected chi connectivity index (χ1v) is 9.59. The summed E-state index contributed by atoms with van der Waals surface area (Å²) in [6, 6.07) is 8.71. The number of carbonyl (C=O) groups excluding carboxylic acids is 2. The number of hydrogen-bond acceptors (Lipinski definition) is 4. The first kappa shape index (κ1) is 19.6. The molecule has 140 valence electrons. The van der Waals surface area contributed by atoms with Gasteiger partial charge in [0.1, 0.15) is 6.54 Å². The summed E-state index contributed by atoms with van der Waals surface area (Å²) in [7, 11) is 1.30. The van der Waals surface area contributed by atoms with Gasteiger partial charge in [0.15, 0.2) is 4.80 Å². The van der Waals surface area contributed by atoms with Crippen molar-refractivity contribution in [2.24, 2.45) is 4.99 Å². The summed E-state index contributed by atoms with van der Waals surface area (Å²) in [6.45, 7) is 3.80. The Morgan fingerprint density at radius 2 is 1.89 bits per heavy atom. The molecular formula is C19H16Cl2N2O3S.